The van der Waals surface area contributed by atoms with Crippen LogP contribution in [0, 0.1) is 13.8 Å². The lowest BCUT2D eigenvalue weighted by Gasteiger charge is -2.16. The van der Waals surface area contributed by atoms with Gasteiger partial charge >= 0.3 is 6.18 Å². The van der Waals surface area contributed by atoms with E-state index in [0.717, 1.165) is 52.3 Å². The van der Waals surface area contributed by atoms with E-state index in [4.69, 9.17) is 4.74 Å². The number of rotatable bonds is 7. The smallest absolute Gasteiger partial charge is 0.417 e. The van der Waals surface area contributed by atoms with Crippen LogP contribution in [0.5, 0.6) is 5.75 Å². The number of aryl methyl sites for hydroxylation is 1. The monoisotopic (exact) mass is 488 g/mol. The maximum Gasteiger partial charge on any atom is 0.417 e. The van der Waals surface area contributed by atoms with Crippen molar-refractivity contribution in [1.29, 1.82) is 0 Å². The van der Waals surface area contributed by atoms with Crippen LogP contribution in [0.25, 0.3) is 17.7 Å². The fourth-order valence-corrected chi connectivity index (χ4v) is 4.32. The Labute approximate surface area is 209 Å². The molecule has 184 valence electrons. The molecule has 0 aromatic heterocycles. The Morgan fingerprint density at radius 2 is 1.69 bits per heavy atom. The second-order valence-electron chi connectivity index (χ2n) is 8.86. The predicted molar refractivity (Wildman–Crippen MR) is 139 cm³/mol. The Hall–Kier alpha value is -3.86. The number of ether oxygens (including phenoxy) is 1. The quantitative estimate of drug-likeness (QED) is 0.246. The number of benzene rings is 3. The number of halogens is 3. The second-order valence-corrected chi connectivity index (χ2v) is 8.86. The lowest BCUT2D eigenvalue weighted by molar-refractivity contribution is -0.137. The van der Waals surface area contributed by atoms with Crippen molar-refractivity contribution < 1.29 is 22.7 Å². The zero-order chi connectivity index (χ0) is 25.7. The van der Waals surface area contributed by atoms with Crippen LogP contribution in [0.1, 0.15) is 62.1 Å². The summed E-state index contributed by atoms with van der Waals surface area (Å²) in [7, 11) is 0. The van der Waals surface area contributed by atoms with Crippen LogP contribution >= 0.6 is 0 Å². The van der Waals surface area contributed by atoms with Crippen molar-refractivity contribution in [3.8, 4) is 5.75 Å². The van der Waals surface area contributed by atoms with Gasteiger partial charge in [-0.1, -0.05) is 78.4 Å². The van der Waals surface area contributed by atoms with E-state index in [-0.39, 0.29) is 23.5 Å². The summed E-state index contributed by atoms with van der Waals surface area (Å²) < 4.78 is 47.5. The molecule has 0 unspecified atom stereocenters. The lowest BCUT2D eigenvalue weighted by atomic mass is 9.92. The highest BCUT2D eigenvalue weighted by molar-refractivity contribution is 5.84. The highest BCUT2D eigenvalue weighted by Gasteiger charge is 2.34. The van der Waals surface area contributed by atoms with Gasteiger partial charge in [-0.3, -0.25) is 4.79 Å². The van der Waals surface area contributed by atoms with Gasteiger partial charge in [0, 0.05) is 0 Å². The third-order valence-corrected chi connectivity index (χ3v) is 6.22. The van der Waals surface area contributed by atoms with Gasteiger partial charge < -0.3 is 4.74 Å². The lowest BCUT2D eigenvalue weighted by Crippen LogP contribution is -2.10. The van der Waals surface area contributed by atoms with E-state index in [9.17, 15) is 18.0 Å². The number of alkyl halides is 3. The van der Waals surface area contributed by atoms with Gasteiger partial charge in [0.2, 0.25) is 0 Å². The Balaban J connectivity index is 1.70. The van der Waals surface area contributed by atoms with Gasteiger partial charge in [0.05, 0.1) is 11.1 Å². The van der Waals surface area contributed by atoms with Crippen LogP contribution in [-0.4, -0.2) is 6.29 Å². The summed E-state index contributed by atoms with van der Waals surface area (Å²) in [6, 6.07) is 15.6. The summed E-state index contributed by atoms with van der Waals surface area (Å²) in [5.41, 5.74) is 4.81. The van der Waals surface area contributed by atoms with E-state index in [2.05, 4.69) is 18.2 Å². The SMILES string of the molecule is Cc1cccc(COc2cc(/C=C/c3cccc(C4=CCCC=C4)c3C)c(C(F)(F)F)cc2C=O)c1. The summed E-state index contributed by atoms with van der Waals surface area (Å²) in [5, 5.41) is 0. The van der Waals surface area contributed by atoms with Crippen molar-refractivity contribution in [2.45, 2.75) is 39.5 Å². The van der Waals surface area contributed by atoms with Crippen molar-refractivity contribution in [3.05, 3.63) is 117 Å². The molecule has 1 aliphatic carbocycles. The fourth-order valence-electron chi connectivity index (χ4n) is 4.32. The van der Waals surface area contributed by atoms with Gasteiger partial charge in [-0.15, -0.1) is 0 Å². The van der Waals surface area contributed by atoms with Crippen molar-refractivity contribution in [2.75, 3.05) is 0 Å². The van der Waals surface area contributed by atoms with E-state index in [1.165, 1.54) is 12.1 Å². The average Bonchev–Trinajstić information content (AvgIpc) is 2.86. The first-order valence-corrected chi connectivity index (χ1v) is 11.8. The van der Waals surface area contributed by atoms with Gasteiger partial charge in [0.1, 0.15) is 12.4 Å². The minimum atomic E-state index is -4.62. The topological polar surface area (TPSA) is 26.3 Å². The number of allylic oxidation sites excluding steroid dienone is 4. The first-order valence-electron chi connectivity index (χ1n) is 11.8. The molecule has 0 fully saturated rings. The molecule has 0 aliphatic heterocycles. The maximum atomic E-state index is 13.9. The Kier molecular flexibility index (Phi) is 7.58. The van der Waals surface area contributed by atoms with Gasteiger partial charge in [-0.05, 0) is 72.2 Å². The minimum absolute atomic E-state index is 0.0612. The number of carbonyl (C=O) groups is 1. The molecule has 0 saturated heterocycles. The van der Waals surface area contributed by atoms with Crippen molar-refractivity contribution in [2.24, 2.45) is 0 Å². The van der Waals surface area contributed by atoms with Gasteiger partial charge in [0.25, 0.3) is 0 Å². The standard InChI is InChI=1S/C31H27F3O2/c1-21-8-6-9-23(16-21)20-36-30-18-26(29(31(32,33)34)17-27(30)19-35)15-14-24-12-7-13-28(22(24)2)25-10-4-3-5-11-25/h4,6-19H,3,5,20H2,1-2H3/b15-14+. The second kappa shape index (κ2) is 10.8. The van der Waals surface area contributed by atoms with Gasteiger partial charge in [-0.25, -0.2) is 0 Å². The third kappa shape index (κ3) is 5.85. The largest absolute Gasteiger partial charge is 0.488 e. The molecule has 0 amide bonds. The number of aldehydes is 1. The molecule has 4 rings (SSSR count). The van der Waals surface area contributed by atoms with Crippen LogP contribution in [0.3, 0.4) is 0 Å². The summed E-state index contributed by atoms with van der Waals surface area (Å²) in [5.74, 6) is 0.113. The zero-order valence-corrected chi connectivity index (χ0v) is 20.2. The molecule has 1 aliphatic rings. The molecular weight excluding hydrogens is 461 g/mol. The highest BCUT2D eigenvalue weighted by atomic mass is 19.4. The summed E-state index contributed by atoms with van der Waals surface area (Å²) in [6.45, 7) is 4.05. The minimum Gasteiger partial charge on any atom is -0.488 e. The zero-order valence-electron chi connectivity index (χ0n) is 20.2. The van der Waals surface area contributed by atoms with Crippen LogP contribution < -0.4 is 4.74 Å². The first-order chi connectivity index (χ1) is 17.3. The molecule has 0 N–H and O–H groups in total. The molecule has 0 saturated carbocycles. The molecule has 36 heavy (non-hydrogen) atoms. The number of hydrogen-bond donors (Lipinski definition) is 0. The predicted octanol–water partition coefficient (Wildman–Crippen LogP) is 8.62. The van der Waals surface area contributed by atoms with Crippen LogP contribution in [-0.2, 0) is 12.8 Å². The van der Waals surface area contributed by atoms with Crippen molar-refractivity contribution >= 4 is 24.0 Å². The Morgan fingerprint density at radius 3 is 2.39 bits per heavy atom. The van der Waals surface area contributed by atoms with Crippen LogP contribution in [0.15, 0.2) is 72.8 Å². The van der Waals surface area contributed by atoms with E-state index >= 15 is 0 Å². The van der Waals surface area contributed by atoms with E-state index in [0.29, 0.717) is 6.29 Å². The summed E-state index contributed by atoms with van der Waals surface area (Å²) in [6.07, 6.45) is 7.25. The Bertz CT molecular complexity index is 1360. The third-order valence-electron chi connectivity index (χ3n) is 6.22. The maximum absolute atomic E-state index is 13.9. The van der Waals surface area contributed by atoms with E-state index in [1.807, 2.05) is 56.3 Å². The van der Waals surface area contributed by atoms with Gasteiger partial charge in [0.15, 0.2) is 6.29 Å². The summed E-state index contributed by atoms with van der Waals surface area (Å²) in [4.78, 5) is 11.6. The molecular formula is C31H27F3O2. The summed E-state index contributed by atoms with van der Waals surface area (Å²) >= 11 is 0. The molecule has 0 spiro atoms. The molecule has 2 nitrogen and oxygen atoms in total. The van der Waals surface area contributed by atoms with E-state index in [1.54, 1.807) is 6.08 Å². The molecule has 5 heteroatoms. The molecule has 3 aromatic rings. The normalized spacial score (nSPS) is 13.6. The van der Waals surface area contributed by atoms with Crippen LogP contribution in [0.2, 0.25) is 0 Å². The molecule has 0 bridgehead atoms. The fraction of sp³-hybridized carbons (Fsp3) is 0.194. The number of carbonyl (C=O) groups excluding carboxylic acids is 1. The Morgan fingerprint density at radius 1 is 0.917 bits per heavy atom. The van der Waals surface area contributed by atoms with Crippen molar-refractivity contribution in [3.63, 3.8) is 0 Å². The van der Waals surface area contributed by atoms with Gasteiger partial charge in [-0.2, -0.15) is 13.2 Å². The molecule has 0 atom stereocenters. The highest BCUT2D eigenvalue weighted by Crippen LogP contribution is 2.37. The average molecular weight is 489 g/mol. The molecule has 0 heterocycles. The van der Waals surface area contributed by atoms with E-state index < -0.39 is 11.7 Å². The first kappa shape index (κ1) is 25.2. The number of hydrogen-bond acceptors (Lipinski definition) is 2. The molecule has 3 aromatic carbocycles. The molecule has 0 radical (unpaired) electrons. The van der Waals surface area contributed by atoms with Crippen molar-refractivity contribution in [1.82, 2.24) is 0 Å². The van der Waals surface area contributed by atoms with Crippen LogP contribution in [0.4, 0.5) is 13.2 Å².